The Bertz CT molecular complexity index is 383. The summed E-state index contributed by atoms with van der Waals surface area (Å²) in [6, 6.07) is 6.73. The first-order chi connectivity index (χ1) is 6.79. The van der Waals surface area contributed by atoms with Crippen molar-refractivity contribution in [3.63, 3.8) is 0 Å². The minimum Gasteiger partial charge on any atom is -0.504 e. The first-order valence-electron chi connectivity index (χ1n) is 4.73. The third-order valence-electron chi connectivity index (χ3n) is 2.42. The first kappa shape index (κ1) is 9.59. The number of hydrogen-bond donors (Lipinski definition) is 1. The topological polar surface area (TPSA) is 37.3 Å². The quantitative estimate of drug-likeness (QED) is 0.769. The van der Waals surface area contributed by atoms with E-state index in [2.05, 4.69) is 0 Å². The van der Waals surface area contributed by atoms with Crippen molar-refractivity contribution in [3.05, 3.63) is 40.1 Å². The van der Waals surface area contributed by atoms with Gasteiger partial charge in [-0.1, -0.05) is 18.2 Å². The van der Waals surface area contributed by atoms with E-state index in [1.165, 1.54) is 12.5 Å². The van der Waals surface area contributed by atoms with Gasteiger partial charge in [0.25, 0.3) is 0 Å². The van der Waals surface area contributed by atoms with Gasteiger partial charge < -0.3 is 5.11 Å². The Morgan fingerprint density at radius 3 is 2.86 bits per heavy atom. The predicted molar refractivity (Wildman–Crippen MR) is 58.8 cm³/mol. The van der Waals surface area contributed by atoms with Crippen LogP contribution in [0, 0.1) is 0 Å². The van der Waals surface area contributed by atoms with Crippen molar-refractivity contribution >= 4 is 11.8 Å². The highest BCUT2D eigenvalue weighted by Crippen LogP contribution is 2.41. The molecule has 1 aliphatic rings. The van der Waals surface area contributed by atoms with Crippen LogP contribution in [-0.2, 0) is 0 Å². The van der Waals surface area contributed by atoms with Crippen molar-refractivity contribution < 1.29 is 5.11 Å². The van der Waals surface area contributed by atoms with Gasteiger partial charge in [-0.25, -0.2) is 0 Å². The van der Waals surface area contributed by atoms with E-state index in [1.54, 1.807) is 6.07 Å². The van der Waals surface area contributed by atoms with E-state index < -0.39 is 0 Å². The van der Waals surface area contributed by atoms with Crippen LogP contribution < -0.4 is 5.43 Å². The summed E-state index contributed by atoms with van der Waals surface area (Å²) >= 11 is 1.81. The van der Waals surface area contributed by atoms with Gasteiger partial charge in [-0.05, 0) is 24.7 Å². The Morgan fingerprint density at radius 2 is 2.14 bits per heavy atom. The molecule has 1 aromatic rings. The van der Waals surface area contributed by atoms with Gasteiger partial charge >= 0.3 is 0 Å². The molecule has 1 saturated heterocycles. The molecule has 0 aliphatic carbocycles. The number of aromatic hydroxyl groups is 1. The molecule has 2 rings (SSSR count). The maximum atomic E-state index is 11.3. The Hall–Kier alpha value is -0.960. The van der Waals surface area contributed by atoms with Crippen molar-refractivity contribution in [2.24, 2.45) is 0 Å². The third kappa shape index (κ3) is 1.77. The molecule has 0 bridgehead atoms. The molecule has 1 aromatic carbocycles. The fourth-order valence-corrected chi connectivity index (χ4v) is 3.01. The Labute approximate surface area is 87.0 Å². The Kier molecular flexibility index (Phi) is 2.77. The number of rotatable bonds is 1. The molecule has 0 amide bonds. The van der Waals surface area contributed by atoms with E-state index >= 15 is 0 Å². The standard InChI is InChI=1S/C11H12O2S/c12-9-5-2-1-4-8(11(9)13)10-6-3-7-14-10/h1-2,4-5,10H,3,6-7H2,(H,12,13). The molecule has 0 aromatic heterocycles. The van der Waals surface area contributed by atoms with E-state index in [-0.39, 0.29) is 11.2 Å². The molecular weight excluding hydrogens is 196 g/mol. The molecule has 1 atom stereocenters. The minimum atomic E-state index is -0.280. The second kappa shape index (κ2) is 4.05. The van der Waals surface area contributed by atoms with E-state index in [0.29, 0.717) is 5.25 Å². The summed E-state index contributed by atoms with van der Waals surface area (Å²) in [6.45, 7) is 0. The lowest BCUT2D eigenvalue weighted by molar-refractivity contribution is 0.463. The summed E-state index contributed by atoms with van der Waals surface area (Å²) in [5.74, 6) is 1.05. The highest BCUT2D eigenvalue weighted by Gasteiger charge is 2.20. The lowest BCUT2D eigenvalue weighted by Crippen LogP contribution is -1.98. The fourth-order valence-electron chi connectivity index (χ4n) is 1.69. The van der Waals surface area contributed by atoms with Crippen LogP contribution in [0.3, 0.4) is 0 Å². The van der Waals surface area contributed by atoms with Gasteiger partial charge in [-0.15, -0.1) is 0 Å². The molecule has 1 fully saturated rings. The van der Waals surface area contributed by atoms with Crippen LogP contribution >= 0.6 is 11.8 Å². The molecule has 1 aliphatic heterocycles. The summed E-state index contributed by atoms with van der Waals surface area (Å²) in [6.07, 6.45) is 2.23. The van der Waals surface area contributed by atoms with Crippen molar-refractivity contribution in [2.45, 2.75) is 18.1 Å². The van der Waals surface area contributed by atoms with Crippen LogP contribution in [0.4, 0.5) is 0 Å². The highest BCUT2D eigenvalue weighted by molar-refractivity contribution is 7.99. The van der Waals surface area contributed by atoms with Crippen LogP contribution in [0.15, 0.2) is 29.1 Å². The average Bonchev–Trinajstić information content (AvgIpc) is 2.64. The zero-order chi connectivity index (χ0) is 9.97. The average molecular weight is 208 g/mol. The van der Waals surface area contributed by atoms with E-state index in [1.807, 2.05) is 23.9 Å². The molecule has 0 saturated carbocycles. The summed E-state index contributed by atoms with van der Waals surface area (Å²) < 4.78 is 0. The van der Waals surface area contributed by atoms with Gasteiger partial charge in [0.15, 0.2) is 5.75 Å². The molecule has 1 unspecified atom stereocenters. The number of hydrogen-bond acceptors (Lipinski definition) is 3. The Balaban J connectivity index is 2.47. The molecule has 3 heteroatoms. The second-order valence-corrected chi connectivity index (χ2v) is 4.70. The van der Waals surface area contributed by atoms with E-state index in [9.17, 15) is 9.90 Å². The van der Waals surface area contributed by atoms with Gasteiger partial charge in [0.2, 0.25) is 5.43 Å². The monoisotopic (exact) mass is 208 g/mol. The van der Waals surface area contributed by atoms with Crippen LogP contribution in [0.25, 0.3) is 0 Å². The van der Waals surface area contributed by atoms with E-state index in [0.717, 1.165) is 17.7 Å². The van der Waals surface area contributed by atoms with Crippen molar-refractivity contribution in [3.8, 4) is 5.75 Å². The molecule has 1 N–H and O–H groups in total. The zero-order valence-electron chi connectivity index (χ0n) is 7.77. The molecule has 0 radical (unpaired) electrons. The lowest BCUT2D eigenvalue weighted by atomic mass is 10.1. The maximum absolute atomic E-state index is 11.3. The SMILES string of the molecule is O=c1ccccc(C2CCCS2)c1O. The van der Waals surface area contributed by atoms with Gasteiger partial charge in [-0.2, -0.15) is 11.8 Å². The molecule has 0 spiro atoms. The van der Waals surface area contributed by atoms with Crippen molar-refractivity contribution in [1.29, 1.82) is 0 Å². The van der Waals surface area contributed by atoms with Crippen LogP contribution in [0.1, 0.15) is 23.7 Å². The molecule has 2 nitrogen and oxygen atoms in total. The first-order valence-corrected chi connectivity index (χ1v) is 5.78. The number of thioether (sulfide) groups is 1. The Morgan fingerprint density at radius 1 is 1.36 bits per heavy atom. The van der Waals surface area contributed by atoms with Gasteiger partial charge in [0.1, 0.15) is 0 Å². The lowest BCUT2D eigenvalue weighted by Gasteiger charge is -2.07. The molecule has 74 valence electrons. The van der Waals surface area contributed by atoms with Crippen LogP contribution in [0.2, 0.25) is 0 Å². The molecule has 1 heterocycles. The second-order valence-electron chi connectivity index (χ2n) is 3.39. The summed E-state index contributed by atoms with van der Waals surface area (Å²) in [5, 5.41) is 9.99. The van der Waals surface area contributed by atoms with Gasteiger partial charge in [0.05, 0.1) is 0 Å². The molecule has 14 heavy (non-hydrogen) atoms. The minimum absolute atomic E-state index is 0.0746. The zero-order valence-corrected chi connectivity index (χ0v) is 8.59. The van der Waals surface area contributed by atoms with Crippen molar-refractivity contribution in [2.75, 3.05) is 5.75 Å². The normalized spacial score (nSPS) is 21.0. The van der Waals surface area contributed by atoms with Crippen LogP contribution in [-0.4, -0.2) is 10.9 Å². The maximum Gasteiger partial charge on any atom is 0.220 e. The smallest absolute Gasteiger partial charge is 0.220 e. The molecular formula is C11H12O2S. The predicted octanol–water partition coefficient (Wildman–Crippen LogP) is 2.32. The van der Waals surface area contributed by atoms with E-state index in [4.69, 9.17) is 0 Å². The largest absolute Gasteiger partial charge is 0.504 e. The van der Waals surface area contributed by atoms with Gasteiger partial charge in [-0.3, -0.25) is 4.79 Å². The third-order valence-corrected chi connectivity index (χ3v) is 3.83. The van der Waals surface area contributed by atoms with Crippen molar-refractivity contribution in [1.82, 2.24) is 0 Å². The summed E-state index contributed by atoms with van der Waals surface area (Å²) in [7, 11) is 0. The van der Waals surface area contributed by atoms with Gasteiger partial charge in [0, 0.05) is 10.8 Å². The fraction of sp³-hybridized carbons (Fsp3) is 0.364. The summed E-state index contributed by atoms with van der Waals surface area (Å²) in [4.78, 5) is 11.3. The highest BCUT2D eigenvalue weighted by atomic mass is 32.2. The summed E-state index contributed by atoms with van der Waals surface area (Å²) in [5.41, 5.74) is 0.514. The van der Waals surface area contributed by atoms with Crippen LogP contribution in [0.5, 0.6) is 5.75 Å².